The summed E-state index contributed by atoms with van der Waals surface area (Å²) in [6.07, 6.45) is 6.62. The summed E-state index contributed by atoms with van der Waals surface area (Å²) in [6, 6.07) is 11.5. The number of nitrogens with one attached hydrogen (secondary N) is 3. The SMILES string of the molecule is Cl.Cl.O=C(CC1CC2CCC(C1)N2)NCCCNc1ccccc1. The lowest BCUT2D eigenvalue weighted by atomic mass is 9.89. The number of fused-ring (bicyclic) bond motifs is 2. The minimum atomic E-state index is 0. The number of benzene rings is 1. The first-order valence-electron chi connectivity index (χ1n) is 8.61. The lowest BCUT2D eigenvalue weighted by Gasteiger charge is -2.28. The third-order valence-electron chi connectivity index (χ3n) is 4.82. The van der Waals surface area contributed by atoms with Crippen LogP contribution in [0, 0.1) is 5.92 Å². The maximum absolute atomic E-state index is 12.0. The van der Waals surface area contributed by atoms with Gasteiger partial charge in [0, 0.05) is 37.3 Å². The largest absolute Gasteiger partial charge is 0.385 e. The monoisotopic (exact) mass is 373 g/mol. The number of para-hydroxylation sites is 1. The van der Waals surface area contributed by atoms with Gasteiger partial charge in [0.1, 0.15) is 0 Å². The Morgan fingerprint density at radius 1 is 1.04 bits per heavy atom. The molecule has 136 valence electrons. The average Bonchev–Trinajstić information content (AvgIpc) is 2.87. The molecule has 3 N–H and O–H groups in total. The summed E-state index contributed by atoms with van der Waals surface area (Å²) >= 11 is 0. The minimum absolute atomic E-state index is 0. The van der Waals surface area contributed by atoms with Gasteiger partial charge in [-0.15, -0.1) is 24.8 Å². The molecule has 6 heteroatoms. The molecule has 3 rings (SSSR count). The molecule has 2 aliphatic rings. The summed E-state index contributed by atoms with van der Waals surface area (Å²) in [5.74, 6) is 0.812. The molecule has 1 amide bonds. The Hall–Kier alpha value is -0.970. The molecule has 1 aromatic rings. The fraction of sp³-hybridized carbons (Fsp3) is 0.611. The lowest BCUT2D eigenvalue weighted by Crippen LogP contribution is -2.39. The normalized spacial score (nSPS) is 24.4. The summed E-state index contributed by atoms with van der Waals surface area (Å²) in [5.41, 5.74) is 1.14. The number of carbonyl (C=O) groups is 1. The van der Waals surface area contributed by atoms with Crippen molar-refractivity contribution in [2.45, 2.75) is 50.6 Å². The summed E-state index contributed by atoms with van der Waals surface area (Å²) in [5, 5.41) is 10.1. The molecule has 2 saturated heterocycles. The molecular weight excluding hydrogens is 345 g/mol. The number of carbonyl (C=O) groups excluding carboxylic acids is 1. The topological polar surface area (TPSA) is 53.2 Å². The highest BCUT2D eigenvalue weighted by atomic mass is 35.5. The third-order valence-corrected chi connectivity index (χ3v) is 4.82. The quantitative estimate of drug-likeness (QED) is 0.642. The third kappa shape index (κ3) is 6.50. The van der Waals surface area contributed by atoms with E-state index in [1.54, 1.807) is 0 Å². The Balaban J connectivity index is 0.00000144. The Bertz CT molecular complexity index is 474. The smallest absolute Gasteiger partial charge is 0.220 e. The molecule has 0 saturated carbocycles. The lowest BCUT2D eigenvalue weighted by molar-refractivity contribution is -0.122. The molecule has 2 aliphatic heterocycles. The van der Waals surface area contributed by atoms with E-state index in [0.717, 1.165) is 25.2 Å². The molecule has 24 heavy (non-hydrogen) atoms. The van der Waals surface area contributed by atoms with Crippen molar-refractivity contribution in [3.8, 4) is 0 Å². The summed E-state index contributed by atoms with van der Waals surface area (Å²) in [4.78, 5) is 12.0. The van der Waals surface area contributed by atoms with Crippen LogP contribution in [0.1, 0.15) is 38.5 Å². The van der Waals surface area contributed by atoms with Crippen molar-refractivity contribution in [2.24, 2.45) is 5.92 Å². The van der Waals surface area contributed by atoms with Crippen molar-refractivity contribution >= 4 is 36.4 Å². The van der Waals surface area contributed by atoms with Crippen molar-refractivity contribution in [2.75, 3.05) is 18.4 Å². The molecule has 2 bridgehead atoms. The van der Waals surface area contributed by atoms with E-state index in [0.29, 0.717) is 24.4 Å². The highest BCUT2D eigenvalue weighted by Gasteiger charge is 2.33. The Morgan fingerprint density at radius 2 is 1.71 bits per heavy atom. The number of halogens is 2. The van der Waals surface area contributed by atoms with Crippen LogP contribution in [0.5, 0.6) is 0 Å². The second-order valence-electron chi connectivity index (χ2n) is 6.68. The standard InChI is InChI=1S/C18H27N3O.2ClH/c22-18(13-14-11-16-7-8-17(12-14)21-16)20-10-4-9-19-15-5-2-1-3-6-15;;/h1-3,5-6,14,16-17,19,21H,4,7-13H2,(H,20,22);2*1H. The van der Waals surface area contributed by atoms with Gasteiger partial charge in [-0.3, -0.25) is 4.79 Å². The van der Waals surface area contributed by atoms with Crippen LogP contribution in [-0.4, -0.2) is 31.1 Å². The van der Waals surface area contributed by atoms with Crippen LogP contribution in [-0.2, 0) is 4.79 Å². The molecular formula is C18H29Cl2N3O. The predicted molar refractivity (Wildman–Crippen MR) is 104 cm³/mol. The van der Waals surface area contributed by atoms with Gasteiger partial charge in [-0.2, -0.15) is 0 Å². The number of hydrogen-bond acceptors (Lipinski definition) is 3. The molecule has 2 unspecified atom stereocenters. The summed E-state index contributed by atoms with van der Waals surface area (Å²) in [7, 11) is 0. The van der Waals surface area contributed by atoms with Crippen molar-refractivity contribution in [3.05, 3.63) is 30.3 Å². The van der Waals surface area contributed by atoms with Gasteiger partial charge >= 0.3 is 0 Å². The van der Waals surface area contributed by atoms with Gasteiger partial charge in [0.25, 0.3) is 0 Å². The first-order valence-corrected chi connectivity index (χ1v) is 8.61. The molecule has 1 aromatic carbocycles. The van der Waals surface area contributed by atoms with E-state index in [9.17, 15) is 4.79 Å². The predicted octanol–water partition coefficient (Wildman–Crippen LogP) is 3.37. The highest BCUT2D eigenvalue weighted by Crippen LogP contribution is 2.32. The summed E-state index contributed by atoms with van der Waals surface area (Å²) < 4.78 is 0. The summed E-state index contributed by atoms with van der Waals surface area (Å²) in [6.45, 7) is 1.65. The molecule has 2 heterocycles. The molecule has 0 spiro atoms. The van der Waals surface area contributed by atoms with Crippen molar-refractivity contribution < 1.29 is 4.79 Å². The van der Waals surface area contributed by atoms with Crippen LogP contribution in [0.25, 0.3) is 0 Å². The molecule has 0 aliphatic carbocycles. The van der Waals surface area contributed by atoms with Crippen LogP contribution in [0.2, 0.25) is 0 Å². The number of anilines is 1. The van der Waals surface area contributed by atoms with Gasteiger partial charge in [0.05, 0.1) is 0 Å². The van der Waals surface area contributed by atoms with Crippen LogP contribution in [0.4, 0.5) is 5.69 Å². The number of piperidine rings is 1. The van der Waals surface area contributed by atoms with Gasteiger partial charge in [0.2, 0.25) is 5.91 Å². The van der Waals surface area contributed by atoms with E-state index < -0.39 is 0 Å². The Kier molecular flexibility index (Phi) is 9.49. The first-order chi connectivity index (χ1) is 10.8. The maximum Gasteiger partial charge on any atom is 0.220 e. The molecule has 2 fully saturated rings. The molecule has 4 nitrogen and oxygen atoms in total. The maximum atomic E-state index is 12.0. The number of rotatable bonds is 7. The van der Waals surface area contributed by atoms with E-state index in [1.807, 2.05) is 18.2 Å². The fourth-order valence-corrected chi connectivity index (χ4v) is 3.78. The van der Waals surface area contributed by atoms with Crippen LogP contribution in [0.15, 0.2) is 30.3 Å². The van der Waals surface area contributed by atoms with Crippen molar-refractivity contribution in [1.82, 2.24) is 10.6 Å². The zero-order chi connectivity index (χ0) is 15.2. The van der Waals surface area contributed by atoms with Crippen molar-refractivity contribution in [1.29, 1.82) is 0 Å². The molecule has 2 atom stereocenters. The second-order valence-corrected chi connectivity index (χ2v) is 6.68. The molecule has 0 radical (unpaired) electrons. The zero-order valence-corrected chi connectivity index (χ0v) is 15.6. The zero-order valence-electron chi connectivity index (χ0n) is 14.0. The van der Waals surface area contributed by atoms with Crippen LogP contribution in [0.3, 0.4) is 0 Å². The van der Waals surface area contributed by atoms with E-state index in [2.05, 4.69) is 28.1 Å². The van der Waals surface area contributed by atoms with Crippen LogP contribution < -0.4 is 16.0 Å². The van der Waals surface area contributed by atoms with Gasteiger partial charge in [-0.25, -0.2) is 0 Å². The highest BCUT2D eigenvalue weighted by molar-refractivity contribution is 5.85. The Morgan fingerprint density at radius 3 is 2.38 bits per heavy atom. The van der Waals surface area contributed by atoms with E-state index in [1.165, 1.54) is 25.7 Å². The van der Waals surface area contributed by atoms with E-state index in [4.69, 9.17) is 0 Å². The first kappa shape index (κ1) is 21.1. The molecule has 0 aromatic heterocycles. The van der Waals surface area contributed by atoms with Gasteiger partial charge in [-0.05, 0) is 50.2 Å². The number of amides is 1. The van der Waals surface area contributed by atoms with Crippen molar-refractivity contribution in [3.63, 3.8) is 0 Å². The fourth-order valence-electron chi connectivity index (χ4n) is 3.78. The van der Waals surface area contributed by atoms with Gasteiger partial charge in [-0.1, -0.05) is 18.2 Å². The van der Waals surface area contributed by atoms with E-state index >= 15 is 0 Å². The van der Waals surface area contributed by atoms with Crippen LogP contribution >= 0.6 is 24.8 Å². The Labute approximate surface area is 157 Å². The minimum Gasteiger partial charge on any atom is -0.385 e. The number of hydrogen-bond donors (Lipinski definition) is 3. The van der Waals surface area contributed by atoms with Gasteiger partial charge in [0.15, 0.2) is 0 Å². The van der Waals surface area contributed by atoms with E-state index in [-0.39, 0.29) is 30.7 Å². The van der Waals surface area contributed by atoms with Gasteiger partial charge < -0.3 is 16.0 Å². The second kappa shape index (κ2) is 10.8. The average molecular weight is 374 g/mol.